The topological polar surface area (TPSA) is 149 Å². The van der Waals surface area contributed by atoms with Crippen LogP contribution in [0.1, 0.15) is 80.1 Å². The van der Waals surface area contributed by atoms with Crippen molar-refractivity contribution in [2.75, 3.05) is 0 Å². The number of hydrogen-bond donors (Lipinski definition) is 4. The largest absolute Gasteiger partial charge is 0.390 e. The predicted molar refractivity (Wildman–Crippen MR) is 201 cm³/mol. The number of allylic oxidation sites excluding steroid dienone is 8. The zero-order valence-electron chi connectivity index (χ0n) is 32.2. The monoisotopic (exact) mass is 822 g/mol. The minimum absolute atomic E-state index is 0.0435. The van der Waals surface area contributed by atoms with Crippen molar-refractivity contribution in [2.45, 2.75) is 127 Å². The highest BCUT2D eigenvalue weighted by Gasteiger charge is 2.79. The first kappa shape index (κ1) is 40.7. The van der Waals surface area contributed by atoms with Crippen molar-refractivity contribution < 1.29 is 57.2 Å². The summed E-state index contributed by atoms with van der Waals surface area (Å²) >= 11 is 0. The van der Waals surface area contributed by atoms with Crippen LogP contribution in [0.5, 0.6) is 0 Å². The molecule has 2 unspecified atom stereocenters. The van der Waals surface area contributed by atoms with Crippen LogP contribution in [0.3, 0.4) is 0 Å². The molecule has 6 saturated carbocycles. The molecular formula is C42H50F4O8S2. The van der Waals surface area contributed by atoms with E-state index >= 15 is 17.6 Å². The van der Waals surface area contributed by atoms with E-state index in [0.717, 1.165) is 12.2 Å². The van der Waals surface area contributed by atoms with E-state index < -0.39 is 126 Å². The molecule has 14 heteroatoms. The molecule has 8 nitrogen and oxygen atoms in total. The third-order valence-corrected chi connectivity index (χ3v) is 19.4. The quantitative estimate of drug-likeness (QED) is 0.193. The van der Waals surface area contributed by atoms with Crippen molar-refractivity contribution in [2.24, 2.45) is 57.2 Å². The Kier molecular flexibility index (Phi) is 8.89. The van der Waals surface area contributed by atoms with Crippen LogP contribution in [0.2, 0.25) is 0 Å². The van der Waals surface area contributed by atoms with Crippen molar-refractivity contribution in [1.82, 2.24) is 0 Å². The van der Waals surface area contributed by atoms with E-state index in [2.05, 4.69) is 0 Å². The van der Waals surface area contributed by atoms with Gasteiger partial charge in [-0.15, -0.1) is 0 Å². The molecule has 0 spiro atoms. The molecule has 0 amide bonds. The van der Waals surface area contributed by atoms with Crippen LogP contribution in [-0.4, -0.2) is 89.3 Å². The van der Waals surface area contributed by atoms with E-state index in [1.54, 1.807) is 27.7 Å². The molecule has 8 aliphatic rings. The number of rotatable bonds is 2. The van der Waals surface area contributed by atoms with E-state index in [1.165, 1.54) is 38.2 Å². The Balaban J connectivity index is 1.05. The molecule has 0 aromatic carbocycles. The maximum Gasteiger partial charge on any atom is 0.232 e. The maximum absolute atomic E-state index is 17.6. The average molecular weight is 823 g/mol. The van der Waals surface area contributed by atoms with Crippen LogP contribution >= 0.6 is 21.6 Å². The fourth-order valence-corrected chi connectivity index (χ4v) is 16.6. The van der Waals surface area contributed by atoms with Crippen molar-refractivity contribution in [1.29, 1.82) is 0 Å². The highest BCUT2D eigenvalue weighted by atomic mass is 33.1. The number of aliphatic hydroxyl groups excluding tert-OH is 2. The van der Waals surface area contributed by atoms with Gasteiger partial charge in [-0.1, -0.05) is 39.8 Å². The second-order valence-corrected chi connectivity index (χ2v) is 21.3. The zero-order valence-corrected chi connectivity index (χ0v) is 33.9. The van der Waals surface area contributed by atoms with E-state index in [1.807, 2.05) is 0 Å². The van der Waals surface area contributed by atoms with Crippen LogP contribution in [0.4, 0.5) is 17.6 Å². The minimum Gasteiger partial charge on any atom is -0.390 e. The summed E-state index contributed by atoms with van der Waals surface area (Å²) in [6, 6.07) is 0. The number of fused-ring (bicyclic) bond motifs is 10. The lowest BCUT2D eigenvalue weighted by Crippen LogP contribution is -2.70. The number of carbonyl (C=O) groups excluding carboxylic acids is 4. The molecule has 8 aliphatic carbocycles. The first-order chi connectivity index (χ1) is 25.8. The molecule has 306 valence electrons. The zero-order chi connectivity index (χ0) is 41.1. The Bertz CT molecular complexity index is 1820. The summed E-state index contributed by atoms with van der Waals surface area (Å²) in [6.45, 7) is 9.34. The molecule has 0 aliphatic heterocycles. The van der Waals surface area contributed by atoms with Crippen LogP contribution in [0.25, 0.3) is 0 Å². The molecule has 0 aromatic rings. The number of carbonyl (C=O) groups is 4. The number of hydrogen-bond acceptors (Lipinski definition) is 10. The van der Waals surface area contributed by atoms with E-state index in [9.17, 15) is 39.6 Å². The summed E-state index contributed by atoms with van der Waals surface area (Å²) in [4.78, 5) is 53.0. The van der Waals surface area contributed by atoms with Crippen LogP contribution < -0.4 is 0 Å². The summed E-state index contributed by atoms with van der Waals surface area (Å²) in [7, 11) is 0.831. The number of alkyl halides is 4. The van der Waals surface area contributed by atoms with Gasteiger partial charge in [0.1, 0.15) is 23.5 Å². The first-order valence-corrected chi connectivity index (χ1v) is 21.8. The van der Waals surface area contributed by atoms with Gasteiger partial charge in [0, 0.05) is 33.5 Å². The van der Waals surface area contributed by atoms with Gasteiger partial charge in [0.25, 0.3) is 0 Å². The fourth-order valence-electron chi connectivity index (χ4n) is 14.2. The lowest BCUT2D eigenvalue weighted by Gasteiger charge is -2.63. The summed E-state index contributed by atoms with van der Waals surface area (Å²) in [5.74, 6) is -6.36. The third-order valence-electron chi connectivity index (χ3n) is 17.2. The molecule has 0 saturated heterocycles. The Morgan fingerprint density at radius 1 is 0.643 bits per heavy atom. The van der Waals surface area contributed by atoms with Gasteiger partial charge in [0.05, 0.1) is 12.2 Å². The molecule has 0 heterocycles. The smallest absolute Gasteiger partial charge is 0.232 e. The third kappa shape index (κ3) is 4.50. The summed E-state index contributed by atoms with van der Waals surface area (Å²) in [5.41, 5.74) is -15.5. The van der Waals surface area contributed by atoms with Crippen LogP contribution in [0, 0.1) is 57.2 Å². The fraction of sp³-hybridized carbons (Fsp3) is 0.714. The molecule has 4 N–H and O–H groups in total. The van der Waals surface area contributed by atoms with Gasteiger partial charge in [0.15, 0.2) is 22.9 Å². The SMILES string of the molecule is C[C@@H]1CC2C3C[C@@H](F)C4=CC(=O)C=C[C@]4(C)[C@]3(F)[C@@H](O)C[C@]2(C)[C@@]1(O)C(=O)SSC(=O)[C@@]1(O)[C@H](C)C[C@H]2[C@@H]3C[C@H](F)C4=CC(=O)C=C[C@]4(C)[C@@]3(F)[C@@H](O)C[C@@]21C. The first-order valence-electron chi connectivity index (χ1n) is 19.6. The van der Waals surface area contributed by atoms with Crippen molar-refractivity contribution in [3.8, 4) is 0 Å². The second kappa shape index (κ2) is 12.2. The minimum atomic E-state index is -2.41. The van der Waals surface area contributed by atoms with Gasteiger partial charge in [-0.05, 0) is 133 Å². The Labute approximate surface area is 331 Å². The molecule has 0 aromatic heterocycles. The Hall–Kier alpha value is -2.10. The van der Waals surface area contributed by atoms with E-state index in [4.69, 9.17) is 0 Å². The molecule has 0 bridgehead atoms. The summed E-state index contributed by atoms with van der Waals surface area (Å²) < 4.78 is 67.1. The van der Waals surface area contributed by atoms with Crippen LogP contribution in [0.15, 0.2) is 47.6 Å². The molecule has 18 atom stereocenters. The maximum atomic E-state index is 17.6. The normalized spacial score (nSPS) is 55.5. The Morgan fingerprint density at radius 3 is 1.32 bits per heavy atom. The average Bonchev–Trinajstić information content (AvgIpc) is 3.46. The number of ketones is 2. The molecule has 6 fully saturated rings. The van der Waals surface area contributed by atoms with Gasteiger partial charge in [-0.25, -0.2) is 17.6 Å². The van der Waals surface area contributed by atoms with Gasteiger partial charge < -0.3 is 20.4 Å². The van der Waals surface area contributed by atoms with Gasteiger partial charge in [-0.2, -0.15) is 0 Å². The highest BCUT2D eigenvalue weighted by Crippen LogP contribution is 2.74. The van der Waals surface area contributed by atoms with Crippen molar-refractivity contribution in [3.63, 3.8) is 0 Å². The molecule has 8 rings (SSSR count). The lowest BCUT2D eigenvalue weighted by atomic mass is 9.44. The molecule has 0 radical (unpaired) electrons. The number of aliphatic hydroxyl groups is 4. The summed E-state index contributed by atoms with van der Waals surface area (Å²) in [5, 5.41) is 46.6. The molecular weight excluding hydrogens is 773 g/mol. The summed E-state index contributed by atoms with van der Waals surface area (Å²) in [6.07, 6.45) is -0.975. The standard InChI is InChI=1S/C42H50F4O8S2/c1-19-11-23-25-15-29(43)27-13-21(47)7-9-35(27,3)39(25,45)31(49)17-37(23,5)41(19,53)33(51)55-56-34(52)42(54)20(2)12-24-26-16-30(44)28-14-22(48)8-10-36(28,4)40(26,46)32(50)18-38(24,42)6/h7-10,13-14,19-20,23-26,29-32,49-50,53-54H,11-12,15-18H2,1-6H3/t19-,20-,23+,24?,25+,26?,29+,30-,31+,32+,35+,36+,37+,38+,39+,40-,41+,42+/m1/s1. The van der Waals surface area contributed by atoms with Crippen molar-refractivity contribution in [3.05, 3.63) is 47.6 Å². The van der Waals surface area contributed by atoms with Gasteiger partial charge >= 0.3 is 0 Å². The van der Waals surface area contributed by atoms with Crippen LogP contribution in [-0.2, 0) is 19.2 Å². The Morgan fingerprint density at radius 2 is 0.982 bits per heavy atom. The van der Waals surface area contributed by atoms with Crippen molar-refractivity contribution >= 4 is 43.4 Å². The predicted octanol–water partition coefficient (Wildman–Crippen LogP) is 6.01. The molecule has 56 heavy (non-hydrogen) atoms. The van der Waals surface area contributed by atoms with Gasteiger partial charge in [-0.3, -0.25) is 19.2 Å². The van der Waals surface area contributed by atoms with Gasteiger partial charge in [0.2, 0.25) is 10.2 Å². The van der Waals surface area contributed by atoms with E-state index in [0.29, 0.717) is 21.6 Å². The number of halogens is 4. The highest BCUT2D eigenvalue weighted by molar-refractivity contribution is 8.87. The van der Waals surface area contributed by atoms with E-state index in [-0.39, 0.29) is 49.7 Å². The second-order valence-electron chi connectivity index (χ2n) is 19.3. The lowest BCUT2D eigenvalue weighted by molar-refractivity contribution is -0.221.